The fraction of sp³-hybridized carbons (Fsp3) is 0. The van der Waals surface area contributed by atoms with Gasteiger partial charge in [-0.15, -0.1) is 0 Å². The fourth-order valence-electron chi connectivity index (χ4n) is 1.20. The topological polar surface area (TPSA) is 37.3 Å². The molecule has 86 valence electrons. The average Bonchev–Trinajstić information content (AvgIpc) is 2.33. The predicted molar refractivity (Wildman–Crippen MR) is 61.8 cm³/mol. The van der Waals surface area contributed by atoms with Gasteiger partial charge < -0.3 is 0 Å². The van der Waals surface area contributed by atoms with Gasteiger partial charge in [0.25, 0.3) is 0 Å². The molecule has 0 aliphatic carbocycles. The van der Waals surface area contributed by atoms with Crippen LogP contribution in [0.5, 0.6) is 0 Å². The van der Waals surface area contributed by atoms with Crippen LogP contribution < -0.4 is 5.43 Å². The zero-order valence-electron chi connectivity index (χ0n) is 8.77. The van der Waals surface area contributed by atoms with Gasteiger partial charge in [-0.05, 0) is 24.3 Å². The molecule has 0 saturated heterocycles. The highest BCUT2D eigenvalue weighted by Gasteiger charge is 2.01. The van der Waals surface area contributed by atoms with Crippen molar-refractivity contribution in [3.63, 3.8) is 0 Å². The number of nitrogens with zero attached hydrogens (tertiary/aromatic N) is 2. The summed E-state index contributed by atoms with van der Waals surface area (Å²) in [5.41, 5.74) is 3.23. The van der Waals surface area contributed by atoms with E-state index >= 15 is 0 Å². The first-order valence-electron chi connectivity index (χ1n) is 4.91. The third kappa shape index (κ3) is 3.07. The number of hydrogen-bond acceptors (Lipinski definition) is 3. The maximum atomic E-state index is 13.2. The van der Waals surface area contributed by atoms with Gasteiger partial charge in [-0.25, -0.2) is 8.78 Å². The van der Waals surface area contributed by atoms with Gasteiger partial charge in [0.15, 0.2) is 5.82 Å². The molecule has 0 radical (unpaired) electrons. The van der Waals surface area contributed by atoms with Crippen molar-refractivity contribution in [3.8, 4) is 0 Å². The molecule has 17 heavy (non-hydrogen) atoms. The molecule has 1 N–H and O–H groups in total. The molecular weight excluding hydrogens is 224 g/mol. The number of hydrazone groups is 1. The van der Waals surface area contributed by atoms with Crippen molar-refractivity contribution >= 4 is 11.9 Å². The molecule has 3 nitrogen and oxygen atoms in total. The van der Waals surface area contributed by atoms with E-state index in [2.05, 4.69) is 15.5 Å². The quantitative estimate of drug-likeness (QED) is 0.653. The number of benzene rings is 1. The molecular formula is C12H9F2N3. The van der Waals surface area contributed by atoms with Crippen LogP contribution >= 0.6 is 0 Å². The van der Waals surface area contributed by atoms with Crippen molar-refractivity contribution < 1.29 is 8.78 Å². The molecule has 0 bridgehead atoms. The molecule has 1 aromatic heterocycles. The van der Waals surface area contributed by atoms with Gasteiger partial charge in [0, 0.05) is 12.3 Å². The largest absolute Gasteiger partial charge is 0.275 e. The van der Waals surface area contributed by atoms with E-state index in [-0.39, 0.29) is 5.69 Å². The molecule has 1 heterocycles. The number of hydrogen-bond donors (Lipinski definition) is 1. The lowest BCUT2D eigenvalue weighted by molar-refractivity contribution is 0.585. The maximum Gasteiger partial charge on any atom is 0.151 e. The summed E-state index contributed by atoms with van der Waals surface area (Å²) < 4.78 is 25.8. The Morgan fingerprint density at radius 2 is 2.06 bits per heavy atom. The van der Waals surface area contributed by atoms with Crippen molar-refractivity contribution in [2.75, 3.05) is 5.43 Å². The van der Waals surface area contributed by atoms with Crippen LogP contribution in [0.25, 0.3) is 0 Å². The molecule has 0 aliphatic rings. The van der Waals surface area contributed by atoms with Crippen LogP contribution in [0.4, 0.5) is 14.5 Å². The van der Waals surface area contributed by atoms with Crippen molar-refractivity contribution in [3.05, 3.63) is 59.9 Å². The molecule has 2 aromatic rings. The highest BCUT2D eigenvalue weighted by atomic mass is 19.1. The minimum absolute atomic E-state index is 0.110. The van der Waals surface area contributed by atoms with Gasteiger partial charge in [0.2, 0.25) is 0 Å². The Morgan fingerprint density at radius 3 is 2.76 bits per heavy atom. The van der Waals surface area contributed by atoms with Crippen molar-refractivity contribution in [1.82, 2.24) is 4.98 Å². The normalized spacial score (nSPS) is 10.7. The van der Waals surface area contributed by atoms with E-state index in [0.29, 0.717) is 5.69 Å². The average molecular weight is 233 g/mol. The number of halogens is 2. The monoisotopic (exact) mass is 233 g/mol. The second-order valence-corrected chi connectivity index (χ2v) is 3.25. The summed E-state index contributed by atoms with van der Waals surface area (Å²) in [4.78, 5) is 4.00. The van der Waals surface area contributed by atoms with Crippen molar-refractivity contribution in [2.24, 2.45) is 5.10 Å². The molecule has 0 unspecified atom stereocenters. The lowest BCUT2D eigenvalue weighted by atomic mass is 10.3. The number of pyridine rings is 1. The van der Waals surface area contributed by atoms with E-state index in [0.717, 1.165) is 12.1 Å². The minimum Gasteiger partial charge on any atom is -0.275 e. The number of rotatable bonds is 3. The van der Waals surface area contributed by atoms with Crippen LogP contribution in [-0.2, 0) is 0 Å². The van der Waals surface area contributed by atoms with Gasteiger partial charge in [0.1, 0.15) is 5.82 Å². The lowest BCUT2D eigenvalue weighted by Gasteiger charge is -2.01. The van der Waals surface area contributed by atoms with Gasteiger partial charge in [0.05, 0.1) is 17.6 Å². The highest BCUT2D eigenvalue weighted by Crippen LogP contribution is 2.14. The molecule has 0 fully saturated rings. The first-order chi connectivity index (χ1) is 8.25. The summed E-state index contributed by atoms with van der Waals surface area (Å²) in [5, 5.41) is 3.80. The molecule has 1 aromatic carbocycles. The van der Waals surface area contributed by atoms with E-state index in [1.807, 2.05) is 6.07 Å². The molecule has 2 rings (SSSR count). The Bertz CT molecular complexity index is 527. The Kier molecular flexibility index (Phi) is 3.40. The van der Waals surface area contributed by atoms with Crippen LogP contribution in [0, 0.1) is 11.6 Å². The Labute approximate surface area is 96.8 Å². The first-order valence-corrected chi connectivity index (χ1v) is 4.91. The summed E-state index contributed by atoms with van der Waals surface area (Å²) in [6.07, 6.45) is 3.07. The molecule has 5 heteroatoms. The molecule has 0 atom stereocenters. The second-order valence-electron chi connectivity index (χ2n) is 3.25. The predicted octanol–water partition coefficient (Wildman–Crippen LogP) is 2.81. The summed E-state index contributed by atoms with van der Waals surface area (Å²) in [5.74, 6) is -1.31. The van der Waals surface area contributed by atoms with Crippen LogP contribution in [0.2, 0.25) is 0 Å². The van der Waals surface area contributed by atoms with Crippen LogP contribution in [0.15, 0.2) is 47.7 Å². The van der Waals surface area contributed by atoms with Crippen LogP contribution in [0.1, 0.15) is 5.69 Å². The third-order valence-corrected chi connectivity index (χ3v) is 2.00. The summed E-state index contributed by atoms with van der Waals surface area (Å²) in [6.45, 7) is 0. The number of anilines is 1. The Hall–Kier alpha value is -2.30. The van der Waals surface area contributed by atoms with Gasteiger partial charge >= 0.3 is 0 Å². The van der Waals surface area contributed by atoms with Crippen molar-refractivity contribution in [1.29, 1.82) is 0 Å². The Balaban J connectivity index is 2.05. The molecule has 0 aliphatic heterocycles. The van der Waals surface area contributed by atoms with E-state index < -0.39 is 11.6 Å². The van der Waals surface area contributed by atoms with E-state index in [9.17, 15) is 8.78 Å². The van der Waals surface area contributed by atoms with Crippen molar-refractivity contribution in [2.45, 2.75) is 0 Å². The number of aromatic nitrogens is 1. The van der Waals surface area contributed by atoms with Gasteiger partial charge in [-0.3, -0.25) is 10.4 Å². The SMILES string of the molecule is Fc1ccc(N/N=C\c2ccccn2)c(F)c1. The summed E-state index contributed by atoms with van der Waals surface area (Å²) in [7, 11) is 0. The van der Waals surface area contributed by atoms with Gasteiger partial charge in [-0.2, -0.15) is 5.10 Å². The summed E-state index contributed by atoms with van der Waals surface area (Å²) >= 11 is 0. The zero-order chi connectivity index (χ0) is 12.1. The van der Waals surface area contributed by atoms with Gasteiger partial charge in [-0.1, -0.05) is 6.07 Å². The molecule has 0 amide bonds. The maximum absolute atomic E-state index is 13.2. The zero-order valence-corrected chi connectivity index (χ0v) is 8.77. The highest BCUT2D eigenvalue weighted by molar-refractivity contribution is 5.77. The molecule has 0 saturated carbocycles. The van der Waals surface area contributed by atoms with E-state index in [4.69, 9.17) is 0 Å². The summed E-state index contributed by atoms with van der Waals surface area (Å²) in [6, 6.07) is 8.57. The van der Waals surface area contributed by atoms with Crippen LogP contribution in [0.3, 0.4) is 0 Å². The second kappa shape index (κ2) is 5.16. The third-order valence-electron chi connectivity index (χ3n) is 2.00. The minimum atomic E-state index is -0.692. The Morgan fingerprint density at radius 1 is 1.18 bits per heavy atom. The smallest absolute Gasteiger partial charge is 0.151 e. The van der Waals surface area contributed by atoms with E-state index in [1.165, 1.54) is 12.3 Å². The standard InChI is InChI=1S/C12H9F2N3/c13-9-4-5-12(11(14)7-9)17-16-8-10-3-1-2-6-15-10/h1-8,17H/b16-8-. The van der Waals surface area contributed by atoms with Crippen LogP contribution in [-0.4, -0.2) is 11.2 Å². The van der Waals surface area contributed by atoms with E-state index in [1.54, 1.807) is 18.3 Å². The fourth-order valence-corrected chi connectivity index (χ4v) is 1.20. The molecule has 0 spiro atoms. The number of nitrogens with one attached hydrogen (secondary N) is 1. The first kappa shape index (κ1) is 11.2. The lowest BCUT2D eigenvalue weighted by Crippen LogP contribution is -1.95.